The van der Waals surface area contributed by atoms with Gasteiger partial charge in [0.2, 0.25) is 5.91 Å². The molecule has 0 radical (unpaired) electrons. The van der Waals surface area contributed by atoms with Crippen LogP contribution in [0.1, 0.15) is 38.3 Å². The SMILES string of the molecule is COc1ccc([C@H](NC(=O)[C@@H](N)CC#N)C(=O)C[C@@H](C(C)C)[C@H](O)C(F)(F)F)cc1. The monoisotopic (exact) mass is 429 g/mol. The summed E-state index contributed by atoms with van der Waals surface area (Å²) in [5.74, 6) is -3.09. The molecule has 0 bridgehead atoms. The second-order valence-electron chi connectivity index (χ2n) is 7.25. The number of ketones is 1. The molecule has 0 aliphatic rings. The highest BCUT2D eigenvalue weighted by Gasteiger charge is 2.45. The summed E-state index contributed by atoms with van der Waals surface area (Å²) in [6, 6.07) is 5.27. The lowest BCUT2D eigenvalue weighted by Crippen LogP contribution is -2.45. The molecular weight excluding hydrogens is 403 g/mol. The number of carbonyl (C=O) groups is 2. The highest BCUT2D eigenvalue weighted by atomic mass is 19.4. The summed E-state index contributed by atoms with van der Waals surface area (Å²) in [5.41, 5.74) is 5.91. The number of nitrogens with one attached hydrogen (secondary N) is 1. The molecule has 4 atom stereocenters. The first-order valence-electron chi connectivity index (χ1n) is 9.26. The summed E-state index contributed by atoms with van der Waals surface area (Å²) < 4.78 is 44.1. The van der Waals surface area contributed by atoms with E-state index in [1.165, 1.54) is 45.2 Å². The van der Waals surface area contributed by atoms with E-state index in [9.17, 15) is 27.9 Å². The number of rotatable bonds is 10. The molecule has 0 aliphatic carbocycles. The predicted molar refractivity (Wildman–Crippen MR) is 102 cm³/mol. The Morgan fingerprint density at radius 3 is 2.27 bits per heavy atom. The number of nitriles is 1. The van der Waals surface area contributed by atoms with Crippen LogP contribution in [-0.2, 0) is 9.59 Å². The van der Waals surface area contributed by atoms with E-state index in [2.05, 4.69) is 5.32 Å². The van der Waals surface area contributed by atoms with Gasteiger partial charge in [0.15, 0.2) is 11.9 Å². The van der Waals surface area contributed by atoms with Crippen molar-refractivity contribution in [3.05, 3.63) is 29.8 Å². The number of carbonyl (C=O) groups excluding carboxylic acids is 2. The van der Waals surface area contributed by atoms with E-state index >= 15 is 0 Å². The number of halogens is 3. The van der Waals surface area contributed by atoms with Crippen molar-refractivity contribution in [2.24, 2.45) is 17.6 Å². The first-order chi connectivity index (χ1) is 13.9. The largest absolute Gasteiger partial charge is 0.497 e. The van der Waals surface area contributed by atoms with Gasteiger partial charge in [0.1, 0.15) is 11.8 Å². The van der Waals surface area contributed by atoms with Gasteiger partial charge >= 0.3 is 6.18 Å². The number of nitrogens with zero attached hydrogens (tertiary/aromatic N) is 1. The third-order valence-electron chi connectivity index (χ3n) is 4.74. The van der Waals surface area contributed by atoms with Crippen LogP contribution >= 0.6 is 0 Å². The van der Waals surface area contributed by atoms with E-state index in [-0.39, 0.29) is 6.42 Å². The van der Waals surface area contributed by atoms with Gasteiger partial charge in [-0.1, -0.05) is 26.0 Å². The average Bonchev–Trinajstić information content (AvgIpc) is 2.68. The lowest BCUT2D eigenvalue weighted by atomic mass is 9.83. The molecule has 1 aromatic rings. The summed E-state index contributed by atoms with van der Waals surface area (Å²) in [6.07, 6.45) is -8.49. The number of benzene rings is 1. The Bertz CT molecular complexity index is 760. The number of aliphatic hydroxyl groups is 1. The Hall–Kier alpha value is -2.64. The molecule has 30 heavy (non-hydrogen) atoms. The Balaban J connectivity index is 3.19. The number of alkyl halides is 3. The van der Waals surface area contributed by atoms with E-state index < -0.39 is 54.3 Å². The average molecular weight is 429 g/mol. The summed E-state index contributed by atoms with van der Waals surface area (Å²) in [5, 5.41) is 20.8. The first-order valence-corrected chi connectivity index (χ1v) is 9.26. The smallest absolute Gasteiger partial charge is 0.414 e. The number of ether oxygens (including phenoxy) is 1. The van der Waals surface area contributed by atoms with Gasteiger partial charge in [0.05, 0.1) is 25.6 Å². The number of hydrogen-bond acceptors (Lipinski definition) is 6. The van der Waals surface area contributed by atoms with Crippen molar-refractivity contribution < 1.29 is 32.6 Å². The zero-order valence-corrected chi connectivity index (χ0v) is 16.9. The van der Waals surface area contributed by atoms with Crippen molar-refractivity contribution in [2.75, 3.05) is 7.11 Å². The standard InChI is InChI=1S/C20H26F3N3O4/c1-11(2)14(18(28)20(21,22)23)10-16(27)17(26-19(29)15(25)8-9-24)12-4-6-13(30-3)7-5-12/h4-7,11,14-15,17-18,28H,8,10,25H2,1-3H3,(H,26,29)/t14-,15-,17-,18-/m0/s1. The maximum Gasteiger partial charge on any atom is 0.414 e. The van der Waals surface area contributed by atoms with Gasteiger partial charge in [0.25, 0.3) is 0 Å². The Labute approximate surface area is 173 Å². The molecule has 0 fully saturated rings. The lowest BCUT2D eigenvalue weighted by molar-refractivity contribution is -0.224. The minimum atomic E-state index is -4.89. The molecule has 7 nitrogen and oxygen atoms in total. The molecule has 0 aromatic heterocycles. The fourth-order valence-electron chi connectivity index (χ4n) is 2.89. The van der Waals surface area contributed by atoms with Crippen LogP contribution in [0.25, 0.3) is 0 Å². The van der Waals surface area contributed by atoms with Crippen molar-refractivity contribution in [1.29, 1.82) is 5.26 Å². The molecule has 1 amide bonds. The summed E-state index contributed by atoms with van der Waals surface area (Å²) in [4.78, 5) is 25.2. The van der Waals surface area contributed by atoms with Crippen molar-refractivity contribution in [3.8, 4) is 11.8 Å². The fraction of sp³-hybridized carbons (Fsp3) is 0.550. The Morgan fingerprint density at radius 2 is 1.83 bits per heavy atom. The molecule has 4 N–H and O–H groups in total. The molecule has 166 valence electrons. The fourth-order valence-corrected chi connectivity index (χ4v) is 2.89. The van der Waals surface area contributed by atoms with E-state index in [1.807, 2.05) is 0 Å². The Morgan fingerprint density at radius 1 is 1.27 bits per heavy atom. The minimum Gasteiger partial charge on any atom is -0.497 e. The van der Waals surface area contributed by atoms with Gasteiger partial charge in [-0.15, -0.1) is 0 Å². The van der Waals surface area contributed by atoms with Crippen LogP contribution in [0.15, 0.2) is 24.3 Å². The summed E-state index contributed by atoms with van der Waals surface area (Å²) in [6.45, 7) is 2.94. The zero-order valence-electron chi connectivity index (χ0n) is 16.9. The van der Waals surface area contributed by atoms with Gasteiger partial charge in [-0.2, -0.15) is 18.4 Å². The highest BCUT2D eigenvalue weighted by molar-refractivity contribution is 5.92. The number of amides is 1. The topological polar surface area (TPSA) is 125 Å². The van der Waals surface area contributed by atoms with Crippen LogP contribution in [0, 0.1) is 23.2 Å². The third kappa shape index (κ3) is 7.00. The molecule has 0 aliphatic heterocycles. The molecule has 1 rings (SSSR count). The number of aliphatic hydroxyl groups excluding tert-OH is 1. The maximum absolute atomic E-state index is 13.0. The molecule has 0 unspecified atom stereocenters. The van der Waals surface area contributed by atoms with E-state index in [0.717, 1.165) is 0 Å². The van der Waals surface area contributed by atoms with Gasteiger partial charge in [-0.25, -0.2) is 0 Å². The second kappa shape index (κ2) is 10.9. The van der Waals surface area contributed by atoms with E-state index in [4.69, 9.17) is 15.7 Å². The van der Waals surface area contributed by atoms with Crippen molar-refractivity contribution in [3.63, 3.8) is 0 Å². The van der Waals surface area contributed by atoms with Crippen molar-refractivity contribution >= 4 is 11.7 Å². The maximum atomic E-state index is 13.0. The molecular formula is C20H26F3N3O4. The molecule has 0 saturated carbocycles. The highest BCUT2D eigenvalue weighted by Crippen LogP contribution is 2.33. The lowest BCUT2D eigenvalue weighted by Gasteiger charge is -2.29. The predicted octanol–water partition coefficient (Wildman–Crippen LogP) is 2.25. The van der Waals surface area contributed by atoms with Crippen LogP contribution in [0.3, 0.4) is 0 Å². The van der Waals surface area contributed by atoms with Gasteiger partial charge in [-0.05, 0) is 23.6 Å². The number of methoxy groups -OCH3 is 1. The number of hydrogen-bond donors (Lipinski definition) is 3. The number of Topliss-reactive ketones (excluding diaryl/α,β-unsaturated/α-hetero) is 1. The van der Waals surface area contributed by atoms with Crippen LogP contribution in [0.2, 0.25) is 0 Å². The van der Waals surface area contributed by atoms with Gasteiger partial charge < -0.3 is 20.9 Å². The van der Waals surface area contributed by atoms with Gasteiger partial charge in [0, 0.05) is 12.3 Å². The van der Waals surface area contributed by atoms with Gasteiger partial charge in [-0.3, -0.25) is 9.59 Å². The second-order valence-corrected chi connectivity index (χ2v) is 7.25. The summed E-state index contributed by atoms with van der Waals surface area (Å²) in [7, 11) is 1.44. The minimum absolute atomic E-state index is 0.295. The van der Waals surface area contributed by atoms with Crippen LogP contribution in [0.4, 0.5) is 13.2 Å². The molecule has 10 heteroatoms. The Kier molecular flexibility index (Phi) is 9.26. The molecule has 1 aromatic carbocycles. The van der Waals surface area contributed by atoms with Crippen LogP contribution in [0.5, 0.6) is 5.75 Å². The van der Waals surface area contributed by atoms with Crippen LogP contribution < -0.4 is 15.8 Å². The normalized spacial score (nSPS) is 15.6. The molecule has 0 spiro atoms. The third-order valence-corrected chi connectivity index (χ3v) is 4.74. The molecule has 0 saturated heterocycles. The van der Waals surface area contributed by atoms with E-state index in [1.54, 1.807) is 6.07 Å². The van der Waals surface area contributed by atoms with Crippen molar-refractivity contribution in [2.45, 2.75) is 51.1 Å². The first kappa shape index (κ1) is 25.4. The summed E-state index contributed by atoms with van der Waals surface area (Å²) >= 11 is 0. The molecule has 0 heterocycles. The number of nitrogens with two attached hydrogens (primary N) is 1. The quantitative estimate of drug-likeness (QED) is 0.524. The van der Waals surface area contributed by atoms with E-state index in [0.29, 0.717) is 11.3 Å². The van der Waals surface area contributed by atoms with Crippen LogP contribution in [-0.4, -0.2) is 42.2 Å². The van der Waals surface area contributed by atoms with Crippen molar-refractivity contribution in [1.82, 2.24) is 5.32 Å². The zero-order chi connectivity index (χ0) is 23.1.